The number of carbonyl (C=O) groups is 2. The maximum Gasteiger partial charge on any atom is 0.335 e. The van der Waals surface area contributed by atoms with Gasteiger partial charge in [-0.1, -0.05) is 12.1 Å². The molecule has 1 amide bonds. The Labute approximate surface area is 136 Å². The van der Waals surface area contributed by atoms with E-state index in [1.54, 1.807) is 12.1 Å². The highest BCUT2D eigenvalue weighted by molar-refractivity contribution is 5.87. The van der Waals surface area contributed by atoms with E-state index in [4.69, 9.17) is 5.11 Å². The topological polar surface area (TPSA) is 60.9 Å². The molecule has 1 atom stereocenters. The molecule has 0 saturated carbocycles. The highest BCUT2D eigenvalue weighted by Crippen LogP contribution is 2.27. The molecule has 2 aliphatic heterocycles. The first-order chi connectivity index (χ1) is 11.1. The number of amides is 1. The molecular weight excluding hydrogens is 292 g/mol. The third kappa shape index (κ3) is 3.91. The van der Waals surface area contributed by atoms with E-state index in [9.17, 15) is 9.59 Å². The highest BCUT2D eigenvalue weighted by Gasteiger charge is 2.24. The van der Waals surface area contributed by atoms with E-state index in [-0.39, 0.29) is 5.91 Å². The van der Waals surface area contributed by atoms with Gasteiger partial charge in [0, 0.05) is 32.6 Å². The van der Waals surface area contributed by atoms with Crippen LogP contribution in [-0.2, 0) is 4.79 Å². The van der Waals surface area contributed by atoms with Crippen LogP contribution in [0.25, 0.3) is 0 Å². The number of rotatable bonds is 5. The molecule has 5 nitrogen and oxygen atoms in total. The van der Waals surface area contributed by atoms with E-state index in [0.29, 0.717) is 17.9 Å². The molecule has 1 N–H and O–H groups in total. The number of likely N-dealkylation sites (tertiary alicyclic amines) is 2. The van der Waals surface area contributed by atoms with Gasteiger partial charge in [-0.3, -0.25) is 4.79 Å². The molecule has 0 bridgehead atoms. The van der Waals surface area contributed by atoms with Crippen molar-refractivity contribution >= 4 is 11.9 Å². The van der Waals surface area contributed by atoms with Crippen LogP contribution in [0.1, 0.15) is 47.5 Å². The largest absolute Gasteiger partial charge is 0.478 e. The summed E-state index contributed by atoms with van der Waals surface area (Å²) in [6, 6.07) is 7.32. The summed E-state index contributed by atoms with van der Waals surface area (Å²) in [4.78, 5) is 27.2. The van der Waals surface area contributed by atoms with Gasteiger partial charge in [-0.25, -0.2) is 4.79 Å². The Hall–Kier alpha value is -1.88. The molecule has 0 spiro atoms. The Bertz CT molecular complexity index is 587. The first-order valence-corrected chi connectivity index (χ1v) is 8.47. The molecule has 0 aromatic heterocycles. The number of hydrogen-bond acceptors (Lipinski definition) is 3. The zero-order chi connectivity index (χ0) is 16.2. The van der Waals surface area contributed by atoms with Crippen molar-refractivity contribution in [2.24, 2.45) is 0 Å². The molecule has 2 fully saturated rings. The summed E-state index contributed by atoms with van der Waals surface area (Å²) in [6.07, 6.45) is 3.91. The molecule has 2 saturated heterocycles. The van der Waals surface area contributed by atoms with Crippen LogP contribution in [0.4, 0.5) is 0 Å². The van der Waals surface area contributed by atoms with Gasteiger partial charge in [-0.2, -0.15) is 0 Å². The number of carboxylic acids is 1. The van der Waals surface area contributed by atoms with Crippen molar-refractivity contribution in [1.29, 1.82) is 0 Å². The summed E-state index contributed by atoms with van der Waals surface area (Å²) in [7, 11) is 0. The van der Waals surface area contributed by atoms with Gasteiger partial charge in [0.25, 0.3) is 0 Å². The van der Waals surface area contributed by atoms with Gasteiger partial charge in [0.2, 0.25) is 5.91 Å². The van der Waals surface area contributed by atoms with Crippen molar-refractivity contribution in [3.63, 3.8) is 0 Å². The number of nitrogens with zero attached hydrogens (tertiary/aromatic N) is 2. The second-order valence-corrected chi connectivity index (χ2v) is 6.55. The van der Waals surface area contributed by atoms with E-state index >= 15 is 0 Å². The minimum Gasteiger partial charge on any atom is -0.478 e. The molecule has 2 aliphatic rings. The fourth-order valence-electron chi connectivity index (χ4n) is 3.66. The number of piperidine rings is 1. The summed E-state index contributed by atoms with van der Waals surface area (Å²) in [6.45, 7) is 4.65. The maximum absolute atomic E-state index is 11.7. The van der Waals surface area contributed by atoms with Crippen LogP contribution in [0.2, 0.25) is 0 Å². The average Bonchev–Trinajstić information content (AvgIpc) is 2.98. The Morgan fingerprint density at radius 2 is 2.09 bits per heavy atom. The minimum atomic E-state index is -0.868. The summed E-state index contributed by atoms with van der Waals surface area (Å²) >= 11 is 0. The van der Waals surface area contributed by atoms with Crippen molar-refractivity contribution in [3.05, 3.63) is 35.4 Å². The fraction of sp³-hybridized carbons (Fsp3) is 0.556. The number of aromatic carboxylic acids is 1. The molecule has 2 heterocycles. The van der Waals surface area contributed by atoms with Crippen molar-refractivity contribution in [1.82, 2.24) is 9.80 Å². The Morgan fingerprint density at radius 3 is 2.83 bits per heavy atom. The van der Waals surface area contributed by atoms with Crippen molar-refractivity contribution in [2.75, 3.05) is 32.7 Å². The second-order valence-electron chi connectivity index (χ2n) is 6.55. The highest BCUT2D eigenvalue weighted by atomic mass is 16.4. The van der Waals surface area contributed by atoms with Gasteiger partial charge >= 0.3 is 5.97 Å². The van der Waals surface area contributed by atoms with Crippen molar-refractivity contribution in [3.8, 4) is 0 Å². The monoisotopic (exact) mass is 316 g/mol. The molecule has 1 aromatic carbocycles. The summed E-state index contributed by atoms with van der Waals surface area (Å²) in [5.74, 6) is -0.197. The molecule has 0 radical (unpaired) electrons. The van der Waals surface area contributed by atoms with E-state index in [0.717, 1.165) is 57.5 Å². The summed E-state index contributed by atoms with van der Waals surface area (Å²) in [5.41, 5.74) is 1.48. The van der Waals surface area contributed by atoms with Crippen LogP contribution in [0.5, 0.6) is 0 Å². The number of hydrogen-bond donors (Lipinski definition) is 1. The van der Waals surface area contributed by atoms with Gasteiger partial charge in [-0.05, 0) is 49.4 Å². The first-order valence-electron chi connectivity index (χ1n) is 8.47. The number of carboxylic acid groups (broad SMARTS) is 1. The SMILES string of the molecule is O=C(O)c1cccc([C@@H]2CCCN(CCN3CCCC3=O)C2)c1. The molecule has 3 rings (SSSR count). The second kappa shape index (κ2) is 7.13. The summed E-state index contributed by atoms with van der Waals surface area (Å²) < 4.78 is 0. The van der Waals surface area contributed by atoms with E-state index < -0.39 is 5.97 Å². The predicted octanol–water partition coefficient (Wildman–Crippen LogP) is 2.19. The normalized spacial score (nSPS) is 22.5. The molecule has 0 aliphatic carbocycles. The zero-order valence-corrected chi connectivity index (χ0v) is 13.4. The fourth-order valence-corrected chi connectivity index (χ4v) is 3.66. The van der Waals surface area contributed by atoms with Crippen molar-refractivity contribution < 1.29 is 14.7 Å². The molecule has 0 unspecified atom stereocenters. The van der Waals surface area contributed by atoms with Crippen LogP contribution in [0.15, 0.2) is 24.3 Å². The third-order valence-corrected chi connectivity index (χ3v) is 4.97. The standard InChI is InChI=1S/C18H24N2O3/c21-17-7-3-9-20(17)11-10-19-8-2-6-16(13-19)14-4-1-5-15(12-14)18(22)23/h1,4-5,12,16H,2-3,6-11,13H2,(H,22,23)/t16-/m1/s1. The molecule has 1 aromatic rings. The van der Waals surface area contributed by atoms with Crippen molar-refractivity contribution in [2.45, 2.75) is 31.6 Å². The first kappa shape index (κ1) is 16.0. The number of carbonyl (C=O) groups excluding carboxylic acids is 1. The van der Waals surface area contributed by atoms with Crippen LogP contribution in [0.3, 0.4) is 0 Å². The van der Waals surface area contributed by atoms with E-state index in [1.807, 2.05) is 17.0 Å². The van der Waals surface area contributed by atoms with E-state index in [2.05, 4.69) is 4.90 Å². The van der Waals surface area contributed by atoms with Crippen LogP contribution in [0, 0.1) is 0 Å². The van der Waals surface area contributed by atoms with Gasteiger partial charge in [-0.15, -0.1) is 0 Å². The molecular formula is C18H24N2O3. The van der Waals surface area contributed by atoms with Gasteiger partial charge in [0.05, 0.1) is 5.56 Å². The van der Waals surface area contributed by atoms with Gasteiger partial charge in [0.15, 0.2) is 0 Å². The van der Waals surface area contributed by atoms with Gasteiger partial charge in [0.1, 0.15) is 0 Å². The quantitative estimate of drug-likeness (QED) is 0.904. The number of benzene rings is 1. The smallest absolute Gasteiger partial charge is 0.335 e. The Kier molecular flexibility index (Phi) is 4.96. The average molecular weight is 316 g/mol. The lowest BCUT2D eigenvalue weighted by molar-refractivity contribution is -0.127. The lowest BCUT2D eigenvalue weighted by Crippen LogP contribution is -2.40. The lowest BCUT2D eigenvalue weighted by Gasteiger charge is -2.34. The molecule has 124 valence electrons. The molecule has 5 heteroatoms. The van der Waals surface area contributed by atoms with E-state index in [1.165, 1.54) is 0 Å². The Balaban J connectivity index is 1.58. The Morgan fingerprint density at radius 1 is 1.22 bits per heavy atom. The predicted molar refractivity (Wildman–Crippen MR) is 87.6 cm³/mol. The molecule has 23 heavy (non-hydrogen) atoms. The van der Waals surface area contributed by atoms with Crippen LogP contribution >= 0.6 is 0 Å². The lowest BCUT2D eigenvalue weighted by atomic mass is 9.89. The van der Waals surface area contributed by atoms with Gasteiger partial charge < -0.3 is 14.9 Å². The maximum atomic E-state index is 11.7. The van der Waals surface area contributed by atoms with Crippen LogP contribution < -0.4 is 0 Å². The third-order valence-electron chi connectivity index (χ3n) is 4.97. The van der Waals surface area contributed by atoms with Crippen LogP contribution in [-0.4, -0.2) is 59.5 Å². The summed E-state index contributed by atoms with van der Waals surface area (Å²) in [5, 5.41) is 9.14. The zero-order valence-electron chi connectivity index (χ0n) is 13.4. The minimum absolute atomic E-state index is 0.285.